The Labute approximate surface area is 124 Å². The number of unbranched alkanes of at least 4 members (excludes halogenated alkanes) is 1. The fourth-order valence-corrected chi connectivity index (χ4v) is 2.04. The maximum atomic E-state index is 12.0. The Kier molecular flexibility index (Phi) is 7.81. The van der Waals surface area contributed by atoms with Crippen LogP contribution in [0.5, 0.6) is 0 Å². The van der Waals surface area contributed by atoms with Crippen molar-refractivity contribution in [3.05, 3.63) is 18.2 Å². The van der Waals surface area contributed by atoms with Gasteiger partial charge in [0.05, 0.1) is 30.6 Å². The van der Waals surface area contributed by atoms with E-state index in [1.807, 2.05) is 0 Å². The molecule has 21 heavy (non-hydrogen) atoms. The molecule has 1 rings (SSSR count). The lowest BCUT2D eigenvalue weighted by atomic mass is 10.0. The molecule has 1 aromatic heterocycles. The quantitative estimate of drug-likeness (QED) is 0.409. The number of H-pyrrole nitrogens is 1. The van der Waals surface area contributed by atoms with Gasteiger partial charge in [-0.05, 0) is 26.3 Å². The molecule has 1 aromatic rings. The van der Waals surface area contributed by atoms with Gasteiger partial charge in [0.15, 0.2) is 5.78 Å². The number of nitrogens with one attached hydrogen (secondary N) is 2. The van der Waals surface area contributed by atoms with Gasteiger partial charge >= 0.3 is 0 Å². The minimum atomic E-state index is -0.613. The number of carbonyl (C=O) groups is 2. The van der Waals surface area contributed by atoms with Gasteiger partial charge in [-0.1, -0.05) is 6.42 Å². The molecule has 1 heterocycles. The Morgan fingerprint density at radius 2 is 2.19 bits per heavy atom. The van der Waals surface area contributed by atoms with E-state index in [1.165, 1.54) is 6.92 Å². The van der Waals surface area contributed by atoms with Crippen molar-refractivity contribution < 1.29 is 9.59 Å². The number of rotatable bonds is 11. The van der Waals surface area contributed by atoms with Crippen molar-refractivity contribution in [1.29, 1.82) is 0 Å². The van der Waals surface area contributed by atoms with Gasteiger partial charge in [-0.2, -0.15) is 0 Å². The topological polar surface area (TPSA) is 127 Å². The second-order valence-corrected chi connectivity index (χ2v) is 5.17. The number of Topliss-reactive ketones (excluding diaryl/α,β-unsaturated/α-hetero) is 2. The lowest BCUT2D eigenvalue weighted by Gasteiger charge is -2.16. The molecule has 0 aliphatic rings. The SMILES string of the molecule is CC(=O)[C@H](CCCCN)NCC(=O)[C@@H](N)Cc1c[nH]cn1. The van der Waals surface area contributed by atoms with Crippen LogP contribution in [0.3, 0.4) is 0 Å². The van der Waals surface area contributed by atoms with Crippen molar-refractivity contribution in [2.24, 2.45) is 11.5 Å². The Hall–Kier alpha value is -1.57. The highest BCUT2D eigenvalue weighted by atomic mass is 16.1. The molecule has 0 amide bonds. The molecule has 0 aliphatic carbocycles. The van der Waals surface area contributed by atoms with E-state index in [1.54, 1.807) is 12.5 Å². The lowest BCUT2D eigenvalue weighted by Crippen LogP contribution is -2.44. The van der Waals surface area contributed by atoms with Crippen LogP contribution in [-0.2, 0) is 16.0 Å². The monoisotopic (exact) mass is 295 g/mol. The standard InChI is InChI=1S/C14H25N5O2/c1-10(20)13(4-2-3-5-15)18-8-14(21)12(16)6-11-7-17-9-19-11/h7,9,12-13,18H,2-6,8,15-16H2,1H3,(H,17,19)/t12-,13-/m0/s1. The summed E-state index contributed by atoms with van der Waals surface area (Å²) in [4.78, 5) is 30.4. The number of aromatic nitrogens is 2. The van der Waals surface area contributed by atoms with Crippen LogP contribution in [0.2, 0.25) is 0 Å². The van der Waals surface area contributed by atoms with Crippen molar-refractivity contribution in [1.82, 2.24) is 15.3 Å². The summed E-state index contributed by atoms with van der Waals surface area (Å²) in [7, 11) is 0. The Balaban J connectivity index is 2.36. The van der Waals surface area contributed by atoms with E-state index in [0.29, 0.717) is 19.4 Å². The maximum Gasteiger partial charge on any atom is 0.163 e. The third kappa shape index (κ3) is 6.61. The summed E-state index contributed by atoms with van der Waals surface area (Å²) in [5.74, 6) is -0.0937. The molecule has 0 spiro atoms. The number of hydrogen-bond acceptors (Lipinski definition) is 6. The molecule has 7 nitrogen and oxygen atoms in total. The third-order valence-corrected chi connectivity index (χ3v) is 3.36. The molecule has 118 valence electrons. The number of carbonyl (C=O) groups excluding carboxylic acids is 2. The van der Waals surface area contributed by atoms with Crippen LogP contribution in [-0.4, -0.2) is 46.7 Å². The number of hydrogen-bond donors (Lipinski definition) is 4. The number of ketones is 2. The number of aromatic amines is 1. The minimum Gasteiger partial charge on any atom is -0.351 e. The third-order valence-electron chi connectivity index (χ3n) is 3.36. The van der Waals surface area contributed by atoms with Gasteiger partial charge in [-0.15, -0.1) is 0 Å². The predicted molar refractivity (Wildman–Crippen MR) is 80.7 cm³/mol. The Morgan fingerprint density at radius 1 is 1.43 bits per heavy atom. The predicted octanol–water partition coefficient (Wildman–Crippen LogP) is -0.475. The molecule has 0 fully saturated rings. The van der Waals surface area contributed by atoms with Crippen LogP contribution in [0, 0.1) is 0 Å². The fraction of sp³-hybridized carbons (Fsp3) is 0.643. The average molecular weight is 295 g/mol. The van der Waals surface area contributed by atoms with Crippen molar-refractivity contribution >= 4 is 11.6 Å². The maximum absolute atomic E-state index is 12.0. The summed E-state index contributed by atoms with van der Waals surface area (Å²) in [6.45, 7) is 2.23. The van der Waals surface area contributed by atoms with E-state index in [-0.39, 0.29) is 24.2 Å². The highest BCUT2D eigenvalue weighted by Gasteiger charge is 2.18. The first-order valence-electron chi connectivity index (χ1n) is 7.24. The zero-order chi connectivity index (χ0) is 15.7. The first-order valence-corrected chi connectivity index (χ1v) is 7.24. The highest BCUT2D eigenvalue weighted by molar-refractivity contribution is 5.87. The van der Waals surface area contributed by atoms with Gasteiger partial charge in [0.25, 0.3) is 0 Å². The Morgan fingerprint density at radius 3 is 2.76 bits per heavy atom. The zero-order valence-corrected chi connectivity index (χ0v) is 12.5. The molecular weight excluding hydrogens is 270 g/mol. The molecule has 0 saturated heterocycles. The first-order chi connectivity index (χ1) is 10.0. The van der Waals surface area contributed by atoms with Gasteiger partial charge in [0.1, 0.15) is 5.78 Å². The zero-order valence-electron chi connectivity index (χ0n) is 12.5. The van der Waals surface area contributed by atoms with E-state index in [2.05, 4.69) is 15.3 Å². The molecule has 0 aliphatic heterocycles. The van der Waals surface area contributed by atoms with Gasteiger partial charge in [0, 0.05) is 12.6 Å². The van der Waals surface area contributed by atoms with Crippen LogP contribution in [0.25, 0.3) is 0 Å². The van der Waals surface area contributed by atoms with Crippen molar-refractivity contribution in [3.63, 3.8) is 0 Å². The van der Waals surface area contributed by atoms with E-state index < -0.39 is 6.04 Å². The molecule has 7 heteroatoms. The molecule has 2 atom stereocenters. The van der Waals surface area contributed by atoms with Crippen LogP contribution in [0.4, 0.5) is 0 Å². The van der Waals surface area contributed by atoms with Crippen LogP contribution < -0.4 is 16.8 Å². The van der Waals surface area contributed by atoms with Crippen LogP contribution in [0.1, 0.15) is 31.9 Å². The molecule has 0 bridgehead atoms. The minimum absolute atomic E-state index is 0.0284. The number of nitrogens with zero attached hydrogens (tertiary/aromatic N) is 1. The van der Waals surface area contributed by atoms with E-state index >= 15 is 0 Å². The largest absolute Gasteiger partial charge is 0.351 e. The van der Waals surface area contributed by atoms with Crippen LogP contribution in [0.15, 0.2) is 12.5 Å². The van der Waals surface area contributed by atoms with E-state index in [9.17, 15) is 9.59 Å². The van der Waals surface area contributed by atoms with Gasteiger partial charge in [0.2, 0.25) is 0 Å². The molecule has 0 saturated carbocycles. The summed E-state index contributed by atoms with van der Waals surface area (Å²) >= 11 is 0. The molecule has 0 unspecified atom stereocenters. The second kappa shape index (κ2) is 9.38. The fourth-order valence-electron chi connectivity index (χ4n) is 2.04. The van der Waals surface area contributed by atoms with Gasteiger partial charge < -0.3 is 21.8 Å². The summed E-state index contributed by atoms with van der Waals surface area (Å²) in [5.41, 5.74) is 12.0. The van der Waals surface area contributed by atoms with Gasteiger partial charge in [-0.3, -0.25) is 9.59 Å². The van der Waals surface area contributed by atoms with Crippen LogP contribution >= 0.6 is 0 Å². The van der Waals surface area contributed by atoms with Gasteiger partial charge in [-0.25, -0.2) is 4.98 Å². The Bertz CT molecular complexity index is 433. The molecule has 6 N–H and O–H groups in total. The summed E-state index contributed by atoms with van der Waals surface area (Å²) in [5, 5.41) is 2.99. The second-order valence-electron chi connectivity index (χ2n) is 5.17. The normalized spacial score (nSPS) is 13.9. The highest BCUT2D eigenvalue weighted by Crippen LogP contribution is 2.02. The lowest BCUT2D eigenvalue weighted by molar-refractivity contribution is -0.121. The first kappa shape index (κ1) is 17.5. The summed E-state index contributed by atoms with van der Waals surface area (Å²) in [6, 6.07) is -0.921. The van der Waals surface area contributed by atoms with Crippen molar-refractivity contribution in [2.75, 3.05) is 13.1 Å². The van der Waals surface area contributed by atoms with E-state index in [4.69, 9.17) is 11.5 Å². The smallest absolute Gasteiger partial charge is 0.163 e. The number of imidazole rings is 1. The van der Waals surface area contributed by atoms with Crippen molar-refractivity contribution in [3.8, 4) is 0 Å². The summed E-state index contributed by atoms with van der Waals surface area (Å²) < 4.78 is 0. The molecular formula is C14H25N5O2. The van der Waals surface area contributed by atoms with Crippen molar-refractivity contribution in [2.45, 2.75) is 44.7 Å². The number of nitrogens with two attached hydrogens (primary N) is 2. The average Bonchev–Trinajstić information content (AvgIpc) is 2.94. The molecule has 0 aromatic carbocycles. The molecule has 0 radical (unpaired) electrons. The van der Waals surface area contributed by atoms with E-state index in [0.717, 1.165) is 18.5 Å². The summed E-state index contributed by atoms with van der Waals surface area (Å²) in [6.07, 6.45) is 6.08.